The number of esters is 1. The summed E-state index contributed by atoms with van der Waals surface area (Å²) in [7, 11) is 1.36. The molecule has 4 heteroatoms. The van der Waals surface area contributed by atoms with Gasteiger partial charge in [-0.1, -0.05) is 12.1 Å². The first-order valence-corrected chi connectivity index (χ1v) is 4.83. The lowest BCUT2D eigenvalue weighted by Gasteiger charge is -2.11. The summed E-state index contributed by atoms with van der Waals surface area (Å²) < 4.78 is 4.63. The van der Waals surface area contributed by atoms with Gasteiger partial charge in [0.15, 0.2) is 0 Å². The van der Waals surface area contributed by atoms with Gasteiger partial charge in [-0.15, -0.1) is 0 Å². The zero-order valence-corrected chi connectivity index (χ0v) is 8.77. The highest BCUT2D eigenvalue weighted by atomic mass is 16.5. The van der Waals surface area contributed by atoms with Gasteiger partial charge < -0.3 is 16.2 Å². The molecule has 0 saturated heterocycles. The number of carbonyl (C=O) groups excluding carboxylic acids is 1. The van der Waals surface area contributed by atoms with Crippen LogP contribution < -0.4 is 11.5 Å². The van der Waals surface area contributed by atoms with Crippen LogP contribution in [0, 0.1) is 0 Å². The van der Waals surface area contributed by atoms with E-state index in [-0.39, 0.29) is 12.0 Å². The predicted molar refractivity (Wildman–Crippen MR) is 58.4 cm³/mol. The molecule has 15 heavy (non-hydrogen) atoms. The summed E-state index contributed by atoms with van der Waals surface area (Å²) in [5.41, 5.74) is 12.7. The highest BCUT2D eigenvalue weighted by Crippen LogP contribution is 2.15. The molecule has 1 aromatic carbocycles. The summed E-state index contributed by atoms with van der Waals surface area (Å²) in [6, 6.07) is 6.99. The Morgan fingerprint density at radius 3 is 2.87 bits per heavy atom. The summed E-state index contributed by atoms with van der Waals surface area (Å²) in [5, 5.41) is 0. The van der Waals surface area contributed by atoms with Crippen LogP contribution in [0.4, 0.5) is 0 Å². The van der Waals surface area contributed by atoms with Crippen LogP contribution in [0.2, 0.25) is 0 Å². The third-order valence-corrected chi connectivity index (χ3v) is 2.21. The predicted octanol–water partition coefficient (Wildman–Crippen LogP) is 0.822. The van der Waals surface area contributed by atoms with Crippen molar-refractivity contribution in [2.45, 2.75) is 12.5 Å². The smallest absolute Gasteiger partial charge is 0.337 e. The van der Waals surface area contributed by atoms with Gasteiger partial charge in [-0.25, -0.2) is 4.79 Å². The average Bonchev–Trinajstić information content (AvgIpc) is 2.28. The zero-order valence-electron chi connectivity index (χ0n) is 8.77. The van der Waals surface area contributed by atoms with E-state index >= 15 is 0 Å². The van der Waals surface area contributed by atoms with Crippen molar-refractivity contribution in [1.82, 2.24) is 0 Å². The van der Waals surface area contributed by atoms with Crippen molar-refractivity contribution < 1.29 is 9.53 Å². The van der Waals surface area contributed by atoms with Gasteiger partial charge in [-0.05, 0) is 30.7 Å². The Kier molecular flexibility index (Phi) is 4.27. The minimum Gasteiger partial charge on any atom is -0.465 e. The van der Waals surface area contributed by atoms with E-state index in [1.54, 1.807) is 18.2 Å². The minimum absolute atomic E-state index is 0.125. The average molecular weight is 208 g/mol. The molecule has 1 aromatic rings. The Labute approximate surface area is 89.2 Å². The molecule has 0 bridgehead atoms. The lowest BCUT2D eigenvalue weighted by Crippen LogP contribution is -2.15. The number of hydrogen-bond acceptors (Lipinski definition) is 4. The molecule has 0 aliphatic carbocycles. The molecule has 0 aliphatic heterocycles. The summed E-state index contributed by atoms with van der Waals surface area (Å²) >= 11 is 0. The number of ether oxygens (including phenoxy) is 1. The van der Waals surface area contributed by atoms with E-state index in [1.807, 2.05) is 6.07 Å². The standard InChI is InChI=1S/C11H16N2O2/c1-15-11(14)9-4-2-3-8(7-9)10(13)5-6-12/h2-4,7,10H,5-6,12-13H2,1H3/t10-/m1/s1. The van der Waals surface area contributed by atoms with Crippen LogP contribution in [0.1, 0.15) is 28.4 Å². The maximum Gasteiger partial charge on any atom is 0.337 e. The van der Waals surface area contributed by atoms with E-state index < -0.39 is 0 Å². The van der Waals surface area contributed by atoms with Gasteiger partial charge in [-0.3, -0.25) is 0 Å². The van der Waals surface area contributed by atoms with Crippen LogP contribution in [0.5, 0.6) is 0 Å². The van der Waals surface area contributed by atoms with Gasteiger partial charge in [0.2, 0.25) is 0 Å². The normalized spacial score (nSPS) is 12.2. The molecule has 0 unspecified atom stereocenters. The Balaban J connectivity index is 2.87. The van der Waals surface area contributed by atoms with E-state index in [4.69, 9.17) is 11.5 Å². The lowest BCUT2D eigenvalue weighted by atomic mass is 10.0. The third-order valence-electron chi connectivity index (χ3n) is 2.21. The van der Waals surface area contributed by atoms with Crippen molar-refractivity contribution >= 4 is 5.97 Å². The van der Waals surface area contributed by atoms with Gasteiger partial charge in [0.05, 0.1) is 12.7 Å². The fraction of sp³-hybridized carbons (Fsp3) is 0.364. The Morgan fingerprint density at radius 2 is 2.27 bits per heavy atom. The second kappa shape index (κ2) is 5.48. The van der Waals surface area contributed by atoms with Gasteiger partial charge >= 0.3 is 5.97 Å². The van der Waals surface area contributed by atoms with E-state index in [9.17, 15) is 4.79 Å². The van der Waals surface area contributed by atoms with Crippen LogP contribution in [-0.4, -0.2) is 19.6 Å². The van der Waals surface area contributed by atoms with Gasteiger partial charge in [-0.2, -0.15) is 0 Å². The second-order valence-electron chi connectivity index (χ2n) is 3.30. The minimum atomic E-state index is -0.350. The monoisotopic (exact) mass is 208 g/mol. The Hall–Kier alpha value is -1.39. The molecule has 0 spiro atoms. The molecule has 1 atom stereocenters. The fourth-order valence-electron chi connectivity index (χ4n) is 1.36. The molecule has 0 heterocycles. The quantitative estimate of drug-likeness (QED) is 0.718. The summed E-state index contributed by atoms with van der Waals surface area (Å²) in [5.74, 6) is -0.350. The van der Waals surface area contributed by atoms with Crippen molar-refractivity contribution in [1.29, 1.82) is 0 Å². The number of carbonyl (C=O) groups is 1. The largest absolute Gasteiger partial charge is 0.465 e. The third kappa shape index (κ3) is 3.04. The van der Waals surface area contributed by atoms with Crippen molar-refractivity contribution in [2.75, 3.05) is 13.7 Å². The van der Waals surface area contributed by atoms with Crippen LogP contribution in [0.15, 0.2) is 24.3 Å². The van der Waals surface area contributed by atoms with Gasteiger partial charge in [0.25, 0.3) is 0 Å². The summed E-state index contributed by atoms with van der Waals surface area (Å²) in [6.45, 7) is 0.531. The summed E-state index contributed by atoms with van der Waals surface area (Å²) in [4.78, 5) is 11.3. The number of rotatable bonds is 4. The molecule has 0 saturated carbocycles. The molecular formula is C11H16N2O2. The maximum atomic E-state index is 11.3. The Morgan fingerprint density at radius 1 is 1.53 bits per heavy atom. The molecule has 0 fully saturated rings. The SMILES string of the molecule is COC(=O)c1cccc([C@H](N)CCN)c1. The first-order chi connectivity index (χ1) is 7.19. The van der Waals surface area contributed by atoms with Crippen LogP contribution in [0.3, 0.4) is 0 Å². The van der Waals surface area contributed by atoms with Crippen molar-refractivity contribution in [2.24, 2.45) is 11.5 Å². The molecule has 0 aliphatic rings. The first-order valence-electron chi connectivity index (χ1n) is 4.83. The molecule has 1 rings (SSSR count). The fourth-order valence-corrected chi connectivity index (χ4v) is 1.36. The second-order valence-corrected chi connectivity index (χ2v) is 3.30. The van der Waals surface area contributed by atoms with E-state index in [0.717, 1.165) is 5.56 Å². The van der Waals surface area contributed by atoms with Crippen LogP contribution in [0.25, 0.3) is 0 Å². The summed E-state index contributed by atoms with van der Waals surface area (Å²) in [6.07, 6.45) is 0.699. The molecule has 0 radical (unpaired) electrons. The molecule has 82 valence electrons. The van der Waals surface area contributed by atoms with Gasteiger partial charge in [0.1, 0.15) is 0 Å². The van der Waals surface area contributed by atoms with Crippen LogP contribution >= 0.6 is 0 Å². The zero-order chi connectivity index (χ0) is 11.3. The number of hydrogen-bond donors (Lipinski definition) is 2. The number of benzene rings is 1. The van der Waals surface area contributed by atoms with Crippen molar-refractivity contribution in [3.8, 4) is 0 Å². The van der Waals surface area contributed by atoms with Crippen molar-refractivity contribution in [3.05, 3.63) is 35.4 Å². The Bertz CT molecular complexity index is 339. The highest BCUT2D eigenvalue weighted by molar-refractivity contribution is 5.89. The van der Waals surface area contributed by atoms with Crippen molar-refractivity contribution in [3.63, 3.8) is 0 Å². The van der Waals surface area contributed by atoms with Crippen LogP contribution in [-0.2, 0) is 4.74 Å². The van der Waals surface area contributed by atoms with E-state index in [0.29, 0.717) is 18.5 Å². The lowest BCUT2D eigenvalue weighted by molar-refractivity contribution is 0.0600. The number of methoxy groups -OCH3 is 1. The number of nitrogens with two attached hydrogens (primary N) is 2. The maximum absolute atomic E-state index is 11.3. The van der Waals surface area contributed by atoms with E-state index in [2.05, 4.69) is 4.74 Å². The molecule has 4 N–H and O–H groups in total. The molecule has 0 amide bonds. The van der Waals surface area contributed by atoms with E-state index in [1.165, 1.54) is 7.11 Å². The highest BCUT2D eigenvalue weighted by Gasteiger charge is 2.09. The molecule has 4 nitrogen and oxygen atoms in total. The molecule has 0 aromatic heterocycles. The topological polar surface area (TPSA) is 78.3 Å². The molecular weight excluding hydrogens is 192 g/mol. The van der Waals surface area contributed by atoms with Gasteiger partial charge in [0, 0.05) is 6.04 Å². The first kappa shape index (κ1) is 11.7.